The van der Waals surface area contributed by atoms with Crippen LogP contribution in [0.5, 0.6) is 5.75 Å². The number of likely N-dealkylation sites (N-methyl/N-ethyl adjacent to an activating group) is 1. The second-order valence-electron chi connectivity index (χ2n) is 9.56. The maximum absolute atomic E-state index is 13.6. The lowest BCUT2D eigenvalue weighted by Gasteiger charge is -2.37. The second kappa shape index (κ2) is 10.0. The highest BCUT2D eigenvalue weighted by atomic mass is 32.2. The van der Waals surface area contributed by atoms with E-state index >= 15 is 0 Å². The first-order valence-electron chi connectivity index (χ1n) is 11.8. The first-order chi connectivity index (χ1) is 16.2. The summed E-state index contributed by atoms with van der Waals surface area (Å²) in [4.78, 5) is 18.5. The highest BCUT2D eigenvalue weighted by Gasteiger charge is 2.38. The van der Waals surface area contributed by atoms with E-state index in [1.807, 2.05) is 19.1 Å². The fourth-order valence-electron chi connectivity index (χ4n) is 4.26. The minimum absolute atomic E-state index is 0.0643. The van der Waals surface area contributed by atoms with Gasteiger partial charge in [0.25, 0.3) is 0 Å². The van der Waals surface area contributed by atoms with Crippen LogP contribution in [0.15, 0.2) is 47.6 Å². The molecule has 1 saturated carbocycles. The van der Waals surface area contributed by atoms with Crippen molar-refractivity contribution in [2.45, 2.75) is 50.2 Å². The Balaban J connectivity index is 1.72. The molecule has 1 aliphatic carbocycles. The molecule has 1 N–H and O–H groups in total. The molecule has 0 spiro atoms. The minimum atomic E-state index is -3.91. The van der Waals surface area contributed by atoms with Gasteiger partial charge in [-0.1, -0.05) is 13.0 Å². The van der Waals surface area contributed by atoms with E-state index < -0.39 is 22.2 Å². The van der Waals surface area contributed by atoms with Crippen LogP contribution in [0, 0.1) is 11.8 Å². The van der Waals surface area contributed by atoms with Gasteiger partial charge in [0.15, 0.2) is 0 Å². The van der Waals surface area contributed by atoms with Crippen molar-refractivity contribution in [1.29, 1.82) is 0 Å². The number of ether oxygens (including phenoxy) is 1. The van der Waals surface area contributed by atoms with Gasteiger partial charge in [-0.15, -0.1) is 0 Å². The van der Waals surface area contributed by atoms with E-state index in [-0.39, 0.29) is 35.6 Å². The van der Waals surface area contributed by atoms with E-state index in [1.165, 1.54) is 4.31 Å². The van der Waals surface area contributed by atoms with Crippen LogP contribution in [0.4, 0.5) is 0 Å². The molecule has 2 heterocycles. The Morgan fingerprint density at radius 3 is 2.59 bits per heavy atom. The van der Waals surface area contributed by atoms with Crippen LogP contribution in [0.3, 0.4) is 0 Å². The first kappa shape index (κ1) is 24.6. The molecule has 2 aliphatic rings. The Bertz CT molecular complexity index is 1120. The van der Waals surface area contributed by atoms with Gasteiger partial charge in [0, 0.05) is 44.4 Å². The number of aliphatic hydroxyl groups excluding tert-OH is 1. The van der Waals surface area contributed by atoms with Gasteiger partial charge in [-0.3, -0.25) is 9.78 Å². The summed E-state index contributed by atoms with van der Waals surface area (Å²) in [6, 6.07) is 8.16. The van der Waals surface area contributed by atoms with Crippen LogP contribution in [0.1, 0.15) is 33.1 Å². The van der Waals surface area contributed by atoms with E-state index in [2.05, 4.69) is 4.98 Å². The number of carbonyl (C=O) groups is 1. The molecular weight excluding hydrogens is 454 g/mol. The van der Waals surface area contributed by atoms with Crippen molar-refractivity contribution in [3.8, 4) is 16.9 Å². The van der Waals surface area contributed by atoms with Crippen LogP contribution in [0.25, 0.3) is 11.1 Å². The maximum atomic E-state index is 13.6. The molecule has 34 heavy (non-hydrogen) atoms. The van der Waals surface area contributed by atoms with Crippen molar-refractivity contribution in [2.24, 2.45) is 11.8 Å². The lowest BCUT2D eigenvalue weighted by atomic mass is 10.0. The predicted molar refractivity (Wildman–Crippen MR) is 129 cm³/mol. The summed E-state index contributed by atoms with van der Waals surface area (Å²) in [6.07, 6.45) is 5.70. The number of nitrogens with zero attached hydrogens (tertiary/aromatic N) is 3. The van der Waals surface area contributed by atoms with E-state index in [1.54, 1.807) is 49.5 Å². The van der Waals surface area contributed by atoms with Crippen molar-refractivity contribution in [3.05, 3.63) is 42.7 Å². The molecule has 0 unspecified atom stereocenters. The van der Waals surface area contributed by atoms with Gasteiger partial charge in [0.2, 0.25) is 15.9 Å². The van der Waals surface area contributed by atoms with Crippen molar-refractivity contribution in [1.82, 2.24) is 14.2 Å². The van der Waals surface area contributed by atoms with Crippen molar-refractivity contribution < 1.29 is 23.1 Å². The van der Waals surface area contributed by atoms with E-state index in [4.69, 9.17) is 4.74 Å². The zero-order valence-corrected chi connectivity index (χ0v) is 20.7. The monoisotopic (exact) mass is 487 g/mol. The van der Waals surface area contributed by atoms with Crippen LogP contribution >= 0.6 is 0 Å². The molecule has 1 amide bonds. The number of benzene rings is 1. The summed E-state index contributed by atoms with van der Waals surface area (Å²) in [5.41, 5.74) is 1.70. The predicted octanol–water partition coefficient (Wildman–Crippen LogP) is 2.78. The number of hydrogen-bond acceptors (Lipinski definition) is 6. The summed E-state index contributed by atoms with van der Waals surface area (Å²) in [6.45, 7) is 3.87. The number of carbonyl (C=O) groups excluding carboxylic acids is 1. The molecule has 1 fully saturated rings. The molecule has 1 aromatic carbocycles. The minimum Gasteiger partial charge on any atom is -0.487 e. The third-order valence-corrected chi connectivity index (χ3v) is 8.74. The maximum Gasteiger partial charge on any atom is 0.247 e. The highest BCUT2D eigenvalue weighted by molar-refractivity contribution is 7.89. The Morgan fingerprint density at radius 1 is 1.24 bits per heavy atom. The normalized spacial score (nSPS) is 23.2. The molecule has 0 radical (unpaired) electrons. The van der Waals surface area contributed by atoms with Gasteiger partial charge in [0.1, 0.15) is 16.7 Å². The lowest BCUT2D eigenvalue weighted by Crippen LogP contribution is -2.50. The average molecular weight is 488 g/mol. The van der Waals surface area contributed by atoms with E-state index in [0.717, 1.165) is 24.0 Å². The van der Waals surface area contributed by atoms with Crippen molar-refractivity contribution in [2.75, 3.05) is 26.7 Å². The number of fused-ring (bicyclic) bond motifs is 1. The molecule has 9 heteroatoms. The number of pyridine rings is 1. The number of sulfonamides is 1. The Morgan fingerprint density at radius 2 is 1.94 bits per heavy atom. The largest absolute Gasteiger partial charge is 0.487 e. The van der Waals surface area contributed by atoms with Crippen LogP contribution < -0.4 is 4.74 Å². The van der Waals surface area contributed by atoms with Gasteiger partial charge in [0.05, 0.1) is 13.2 Å². The molecule has 3 atom stereocenters. The standard InChI is InChI=1S/C25H33N3O5S/c1-17-14-28(18(2)16-29)34(31,32)24-7-6-21(20-8-10-26-11-9-20)13-22(24)33-23(17)15-27(3)25(30)12-19-4-5-19/h6-11,13,17-19,23,29H,4-5,12,14-16H2,1-3H3/t17-,18+,23-/m1/s1. The van der Waals surface area contributed by atoms with Gasteiger partial charge >= 0.3 is 0 Å². The molecule has 1 aliphatic heterocycles. The Labute approximate surface area is 201 Å². The van der Waals surface area contributed by atoms with Crippen LogP contribution in [0.2, 0.25) is 0 Å². The highest BCUT2D eigenvalue weighted by Crippen LogP contribution is 2.37. The van der Waals surface area contributed by atoms with Gasteiger partial charge in [-0.25, -0.2) is 8.42 Å². The van der Waals surface area contributed by atoms with Crippen LogP contribution in [-0.2, 0) is 14.8 Å². The fourth-order valence-corrected chi connectivity index (χ4v) is 6.09. The molecule has 184 valence electrons. The zero-order valence-electron chi connectivity index (χ0n) is 19.9. The molecule has 4 rings (SSSR count). The number of hydrogen-bond donors (Lipinski definition) is 1. The lowest BCUT2D eigenvalue weighted by molar-refractivity contribution is -0.131. The van der Waals surface area contributed by atoms with Crippen molar-refractivity contribution >= 4 is 15.9 Å². The molecule has 1 aromatic heterocycles. The molecule has 0 saturated heterocycles. The first-order valence-corrected chi connectivity index (χ1v) is 13.2. The quantitative estimate of drug-likeness (QED) is 0.645. The summed E-state index contributed by atoms with van der Waals surface area (Å²) < 4.78 is 34.9. The van der Waals surface area contributed by atoms with Gasteiger partial charge < -0.3 is 14.7 Å². The van der Waals surface area contributed by atoms with Crippen LogP contribution in [-0.4, -0.2) is 72.5 Å². The van der Waals surface area contributed by atoms with E-state index in [0.29, 0.717) is 18.9 Å². The van der Waals surface area contributed by atoms with Crippen molar-refractivity contribution in [3.63, 3.8) is 0 Å². The Hall–Kier alpha value is -2.49. The molecule has 0 bridgehead atoms. The SMILES string of the molecule is C[C@@H]1CN([C@@H](C)CO)S(=O)(=O)c2ccc(-c3ccncc3)cc2O[C@@H]1CN(C)C(=O)CC1CC1. The summed E-state index contributed by atoms with van der Waals surface area (Å²) in [5.74, 6) is 0.612. The number of amides is 1. The third kappa shape index (κ3) is 5.26. The summed E-state index contributed by atoms with van der Waals surface area (Å²) >= 11 is 0. The molecule has 2 aromatic rings. The smallest absolute Gasteiger partial charge is 0.247 e. The average Bonchev–Trinajstić information content (AvgIpc) is 3.65. The van der Waals surface area contributed by atoms with E-state index in [9.17, 15) is 18.3 Å². The number of aliphatic hydroxyl groups is 1. The number of aromatic nitrogens is 1. The Kier molecular flexibility index (Phi) is 7.25. The third-order valence-electron chi connectivity index (χ3n) is 6.72. The van der Waals surface area contributed by atoms with Gasteiger partial charge in [-0.2, -0.15) is 4.31 Å². The topological polar surface area (TPSA) is 100 Å². The molecule has 8 nitrogen and oxygen atoms in total. The zero-order chi connectivity index (χ0) is 24.5. The summed E-state index contributed by atoms with van der Waals surface area (Å²) in [7, 11) is -2.13. The number of rotatable bonds is 7. The fraction of sp³-hybridized carbons (Fsp3) is 0.520. The van der Waals surface area contributed by atoms with Gasteiger partial charge in [-0.05, 0) is 61.1 Å². The summed E-state index contributed by atoms with van der Waals surface area (Å²) in [5, 5.41) is 9.79. The molecular formula is C25H33N3O5S. The second-order valence-corrected chi connectivity index (χ2v) is 11.4.